The number of carbonyl (C=O) groups is 1. The molecule has 3 aliphatic heterocycles. The smallest absolute Gasteiger partial charge is 0.270 e. The highest BCUT2D eigenvalue weighted by molar-refractivity contribution is 8.00. The first-order valence-electron chi connectivity index (χ1n) is 11.7. The molecule has 2 atom stereocenters. The van der Waals surface area contributed by atoms with Crippen molar-refractivity contribution in [1.82, 2.24) is 14.8 Å². The van der Waals surface area contributed by atoms with Gasteiger partial charge in [0.25, 0.3) is 11.1 Å². The van der Waals surface area contributed by atoms with Crippen LogP contribution in [0.1, 0.15) is 49.1 Å². The summed E-state index contributed by atoms with van der Waals surface area (Å²) in [7, 11) is 0. The third-order valence-electron chi connectivity index (χ3n) is 6.72. The van der Waals surface area contributed by atoms with Gasteiger partial charge in [0, 0.05) is 23.6 Å². The summed E-state index contributed by atoms with van der Waals surface area (Å²) >= 11 is 1.27. The fourth-order valence-electron chi connectivity index (χ4n) is 5.14. The van der Waals surface area contributed by atoms with E-state index in [1.807, 2.05) is 19.9 Å². The minimum atomic E-state index is -0.622. The molecule has 0 radical (unpaired) electrons. The van der Waals surface area contributed by atoms with Crippen molar-refractivity contribution in [2.24, 2.45) is 0 Å². The van der Waals surface area contributed by atoms with Gasteiger partial charge >= 0.3 is 0 Å². The van der Waals surface area contributed by atoms with Crippen molar-refractivity contribution in [1.29, 1.82) is 0 Å². The molecule has 0 unspecified atom stereocenters. The molecule has 2 aromatic heterocycles. The van der Waals surface area contributed by atoms with E-state index in [-0.39, 0.29) is 34.4 Å². The second kappa shape index (κ2) is 8.20. The molecule has 184 valence electrons. The van der Waals surface area contributed by atoms with Crippen LogP contribution >= 0.6 is 11.8 Å². The number of aromatic amines is 2. The van der Waals surface area contributed by atoms with Gasteiger partial charge in [-0.1, -0.05) is 0 Å². The van der Waals surface area contributed by atoms with Crippen molar-refractivity contribution < 1.29 is 19.0 Å². The van der Waals surface area contributed by atoms with Crippen LogP contribution in [0.15, 0.2) is 27.8 Å². The number of nitrogens with one attached hydrogen (secondary N) is 3. The number of hydrogen-bond donors (Lipinski definition) is 3. The Morgan fingerprint density at radius 2 is 1.80 bits per heavy atom. The zero-order chi connectivity index (χ0) is 24.3. The molecule has 35 heavy (non-hydrogen) atoms. The average molecular weight is 499 g/mol. The summed E-state index contributed by atoms with van der Waals surface area (Å²) in [6.07, 6.45) is 1.39. The number of pyridine rings is 1. The molecule has 1 fully saturated rings. The number of amides is 1. The van der Waals surface area contributed by atoms with Crippen LogP contribution in [0.2, 0.25) is 0 Å². The zero-order valence-corrected chi connectivity index (χ0v) is 20.3. The predicted octanol–water partition coefficient (Wildman–Crippen LogP) is 2.69. The van der Waals surface area contributed by atoms with Crippen LogP contribution in [-0.2, 0) is 9.53 Å². The van der Waals surface area contributed by atoms with E-state index in [1.54, 1.807) is 16.8 Å². The predicted molar refractivity (Wildman–Crippen MR) is 132 cm³/mol. The summed E-state index contributed by atoms with van der Waals surface area (Å²) in [6.45, 7) is 5.49. The van der Waals surface area contributed by atoms with Crippen LogP contribution < -0.4 is 25.9 Å². The lowest BCUT2D eigenvalue weighted by Gasteiger charge is -2.36. The van der Waals surface area contributed by atoms with Gasteiger partial charge in [-0.2, -0.15) is 0 Å². The van der Waals surface area contributed by atoms with Gasteiger partial charge in [0.1, 0.15) is 19.0 Å². The first-order chi connectivity index (χ1) is 16.8. The van der Waals surface area contributed by atoms with Crippen LogP contribution in [0.3, 0.4) is 0 Å². The summed E-state index contributed by atoms with van der Waals surface area (Å²) in [5.74, 6) is 1.53. The Morgan fingerprint density at radius 3 is 2.57 bits per heavy atom. The molecule has 3 aromatic rings. The monoisotopic (exact) mass is 498 g/mol. The summed E-state index contributed by atoms with van der Waals surface area (Å²) < 4.78 is 18.9. The van der Waals surface area contributed by atoms with Crippen molar-refractivity contribution in [3.63, 3.8) is 0 Å². The number of thioether (sulfide) groups is 1. The van der Waals surface area contributed by atoms with E-state index < -0.39 is 5.25 Å². The molecule has 0 aliphatic carbocycles. The molecular formula is C24H26N4O6S. The number of H-pyrrole nitrogens is 2. The van der Waals surface area contributed by atoms with Crippen LogP contribution in [-0.4, -0.2) is 51.8 Å². The molecule has 1 saturated heterocycles. The third kappa shape index (κ3) is 3.92. The van der Waals surface area contributed by atoms with Crippen LogP contribution in [0.4, 0.5) is 5.82 Å². The standard InChI is InChI=1S/C24H26N4O6S/c1-24(2)10-13(3-4-34-24)28-21-19(23(31)27-28)20(35-11-18(29)26-21)14-7-12-8-16-17(33-6-5-32-16)9-15(12)25-22(14)30/h7-9,13,20H,3-6,10-11H2,1-2H3,(H,25,30)(H,26,29)(H,27,31)/t13-,20+/m0/s1. The van der Waals surface area contributed by atoms with Crippen LogP contribution in [0.25, 0.3) is 10.9 Å². The minimum absolute atomic E-state index is 0.0437. The van der Waals surface area contributed by atoms with Crippen molar-refractivity contribution in [3.8, 4) is 11.5 Å². The quantitative estimate of drug-likeness (QED) is 0.496. The highest BCUT2D eigenvalue weighted by Gasteiger charge is 2.36. The largest absolute Gasteiger partial charge is 0.486 e. The van der Waals surface area contributed by atoms with Crippen molar-refractivity contribution in [2.75, 3.05) is 30.9 Å². The lowest BCUT2D eigenvalue weighted by molar-refractivity contribution is -0.113. The molecule has 3 aliphatic rings. The van der Waals surface area contributed by atoms with E-state index in [4.69, 9.17) is 14.2 Å². The fraction of sp³-hybridized carbons (Fsp3) is 0.458. The Balaban J connectivity index is 1.48. The van der Waals surface area contributed by atoms with Gasteiger partial charge in [-0.3, -0.25) is 24.2 Å². The van der Waals surface area contributed by atoms with E-state index in [0.717, 1.165) is 5.39 Å². The van der Waals surface area contributed by atoms with E-state index in [0.29, 0.717) is 66.6 Å². The molecule has 0 bridgehead atoms. The number of aromatic nitrogens is 3. The average Bonchev–Trinajstić information content (AvgIpc) is 3.02. The Bertz CT molecular complexity index is 1450. The lowest BCUT2D eigenvalue weighted by atomic mass is 9.94. The summed E-state index contributed by atoms with van der Waals surface area (Å²) in [5.41, 5.74) is 0.435. The molecule has 5 heterocycles. The van der Waals surface area contributed by atoms with Crippen molar-refractivity contribution in [2.45, 2.75) is 43.6 Å². The number of carbonyl (C=O) groups excluding carboxylic acids is 1. The van der Waals surface area contributed by atoms with E-state index in [1.165, 1.54) is 11.8 Å². The van der Waals surface area contributed by atoms with Gasteiger partial charge in [-0.05, 0) is 38.8 Å². The molecule has 10 nitrogen and oxygen atoms in total. The molecule has 0 saturated carbocycles. The van der Waals surface area contributed by atoms with Gasteiger partial charge < -0.3 is 24.5 Å². The Hall–Kier alpha value is -3.18. The Labute approximate surface area is 204 Å². The number of rotatable bonds is 2. The number of ether oxygens (including phenoxy) is 3. The molecular weight excluding hydrogens is 472 g/mol. The van der Waals surface area contributed by atoms with E-state index >= 15 is 0 Å². The second-order valence-electron chi connectivity index (χ2n) is 9.70. The highest BCUT2D eigenvalue weighted by atomic mass is 32.2. The van der Waals surface area contributed by atoms with E-state index in [9.17, 15) is 14.4 Å². The van der Waals surface area contributed by atoms with Gasteiger partial charge in [0.15, 0.2) is 11.5 Å². The van der Waals surface area contributed by atoms with Gasteiger partial charge in [0.2, 0.25) is 5.91 Å². The first-order valence-corrected chi connectivity index (χ1v) is 12.7. The van der Waals surface area contributed by atoms with E-state index in [2.05, 4.69) is 15.4 Å². The van der Waals surface area contributed by atoms with Crippen LogP contribution in [0.5, 0.6) is 11.5 Å². The SMILES string of the molecule is CC1(C)C[C@@H](n2[nH]c(=O)c3c2NC(=O)CS[C@@H]3c2cc3cc4c(cc3[nH]c2=O)OCCO4)CCO1. The van der Waals surface area contributed by atoms with Gasteiger partial charge in [-0.15, -0.1) is 11.8 Å². The number of anilines is 1. The minimum Gasteiger partial charge on any atom is -0.486 e. The molecule has 6 rings (SSSR count). The number of fused-ring (bicyclic) bond motifs is 3. The summed E-state index contributed by atoms with van der Waals surface area (Å²) in [5, 5.41) is 5.99. The number of benzene rings is 1. The third-order valence-corrected chi connectivity index (χ3v) is 7.97. The van der Waals surface area contributed by atoms with Crippen molar-refractivity contribution in [3.05, 3.63) is 50.0 Å². The summed E-state index contributed by atoms with van der Waals surface area (Å²) in [4.78, 5) is 42.1. The second-order valence-corrected chi connectivity index (χ2v) is 10.8. The maximum atomic E-state index is 13.3. The number of hydrogen-bond acceptors (Lipinski definition) is 7. The zero-order valence-electron chi connectivity index (χ0n) is 19.4. The molecule has 1 aromatic carbocycles. The molecule has 3 N–H and O–H groups in total. The Morgan fingerprint density at radius 1 is 1.03 bits per heavy atom. The highest BCUT2D eigenvalue weighted by Crippen LogP contribution is 2.42. The first kappa shape index (κ1) is 22.3. The van der Waals surface area contributed by atoms with Gasteiger partial charge in [-0.25, -0.2) is 0 Å². The fourth-order valence-corrected chi connectivity index (χ4v) is 6.27. The summed E-state index contributed by atoms with van der Waals surface area (Å²) in [6, 6.07) is 5.31. The van der Waals surface area contributed by atoms with Crippen LogP contribution in [0, 0.1) is 0 Å². The normalized spacial score (nSPS) is 23.4. The molecule has 1 amide bonds. The number of nitrogens with zero attached hydrogens (tertiary/aromatic N) is 1. The maximum Gasteiger partial charge on any atom is 0.270 e. The molecule has 0 spiro atoms. The Kier molecular flexibility index (Phi) is 5.22. The maximum absolute atomic E-state index is 13.3. The lowest BCUT2D eigenvalue weighted by Crippen LogP contribution is -2.36. The van der Waals surface area contributed by atoms with Gasteiger partial charge in [0.05, 0.1) is 33.7 Å². The molecule has 11 heteroatoms. The van der Waals surface area contributed by atoms with Crippen molar-refractivity contribution >= 4 is 34.4 Å². The topological polar surface area (TPSA) is 127 Å².